The minimum absolute atomic E-state index is 0.00460. The normalized spacial score (nSPS) is 23.2. The van der Waals surface area contributed by atoms with Crippen molar-refractivity contribution in [3.05, 3.63) is 23.9 Å². The predicted molar refractivity (Wildman–Crippen MR) is 57.4 cm³/mol. The van der Waals surface area contributed by atoms with Crippen LogP contribution < -0.4 is 10.1 Å². The van der Waals surface area contributed by atoms with Gasteiger partial charge < -0.3 is 15.2 Å². The molecule has 6 heteroatoms. The predicted octanol–water partition coefficient (Wildman–Crippen LogP) is 0.352. The first-order valence-corrected chi connectivity index (χ1v) is 5.14. The molecule has 1 aliphatic heterocycles. The van der Waals surface area contributed by atoms with Crippen LogP contribution in [0.25, 0.3) is 0 Å². The lowest BCUT2D eigenvalue weighted by Crippen LogP contribution is -2.24. The fourth-order valence-electron chi connectivity index (χ4n) is 1.93. The Morgan fingerprint density at radius 3 is 3.06 bits per heavy atom. The topological polar surface area (TPSA) is 88.5 Å². The number of hydrogen-bond acceptors (Lipinski definition) is 4. The fourth-order valence-corrected chi connectivity index (χ4v) is 1.93. The summed E-state index contributed by atoms with van der Waals surface area (Å²) in [7, 11) is 1.48. The highest BCUT2D eigenvalue weighted by Gasteiger charge is 2.38. The summed E-state index contributed by atoms with van der Waals surface area (Å²) in [6.45, 7) is 0. The molecule has 1 amide bonds. The van der Waals surface area contributed by atoms with Crippen LogP contribution >= 0.6 is 0 Å². The summed E-state index contributed by atoms with van der Waals surface area (Å²) >= 11 is 0. The molecule has 2 N–H and O–H groups in total. The van der Waals surface area contributed by atoms with Gasteiger partial charge in [0.25, 0.3) is 0 Å². The van der Waals surface area contributed by atoms with E-state index in [0.29, 0.717) is 11.4 Å². The third-order valence-corrected chi connectivity index (χ3v) is 2.77. The van der Waals surface area contributed by atoms with Gasteiger partial charge >= 0.3 is 5.97 Å². The van der Waals surface area contributed by atoms with Gasteiger partial charge in [0.1, 0.15) is 0 Å². The van der Waals surface area contributed by atoms with E-state index < -0.39 is 17.9 Å². The first-order valence-electron chi connectivity index (χ1n) is 5.14. The molecule has 0 bridgehead atoms. The van der Waals surface area contributed by atoms with E-state index in [-0.39, 0.29) is 12.3 Å². The van der Waals surface area contributed by atoms with E-state index in [0.717, 1.165) is 0 Å². The molecule has 1 aliphatic rings. The van der Waals surface area contributed by atoms with Crippen molar-refractivity contribution in [1.29, 1.82) is 0 Å². The quantitative estimate of drug-likeness (QED) is 0.790. The second-order valence-electron chi connectivity index (χ2n) is 3.83. The zero-order valence-corrected chi connectivity index (χ0v) is 9.21. The number of methoxy groups -OCH3 is 1. The van der Waals surface area contributed by atoms with E-state index in [1.165, 1.54) is 13.3 Å². The van der Waals surface area contributed by atoms with Gasteiger partial charge in [0, 0.05) is 18.7 Å². The number of pyridine rings is 1. The Morgan fingerprint density at radius 2 is 2.41 bits per heavy atom. The van der Waals surface area contributed by atoms with Crippen LogP contribution in [0.4, 0.5) is 0 Å². The minimum atomic E-state index is -0.982. The number of ether oxygens (including phenoxy) is 1. The summed E-state index contributed by atoms with van der Waals surface area (Å²) in [6.07, 6.45) is 1.53. The molecule has 1 aromatic rings. The summed E-state index contributed by atoms with van der Waals surface area (Å²) in [6, 6.07) is 2.79. The van der Waals surface area contributed by atoms with Crippen LogP contribution in [-0.4, -0.2) is 29.1 Å². The molecule has 1 aromatic heterocycles. The number of carboxylic acid groups (broad SMARTS) is 1. The summed E-state index contributed by atoms with van der Waals surface area (Å²) in [5.74, 6) is -1.58. The number of carbonyl (C=O) groups excluding carboxylic acids is 1. The number of aromatic nitrogens is 1. The molecule has 0 aromatic carbocycles. The van der Waals surface area contributed by atoms with Crippen LogP contribution in [0.5, 0.6) is 5.88 Å². The van der Waals surface area contributed by atoms with E-state index in [1.807, 2.05) is 0 Å². The van der Waals surface area contributed by atoms with Crippen LogP contribution in [-0.2, 0) is 9.59 Å². The van der Waals surface area contributed by atoms with Gasteiger partial charge in [-0.25, -0.2) is 4.98 Å². The lowest BCUT2D eigenvalue weighted by Gasteiger charge is -2.15. The largest absolute Gasteiger partial charge is 0.481 e. The van der Waals surface area contributed by atoms with Gasteiger partial charge in [0.2, 0.25) is 11.8 Å². The number of rotatable bonds is 3. The Labute approximate surface area is 97.6 Å². The van der Waals surface area contributed by atoms with E-state index in [9.17, 15) is 9.59 Å². The van der Waals surface area contributed by atoms with Crippen molar-refractivity contribution in [3.63, 3.8) is 0 Å². The van der Waals surface area contributed by atoms with Gasteiger partial charge in [0.05, 0.1) is 19.1 Å². The summed E-state index contributed by atoms with van der Waals surface area (Å²) in [5.41, 5.74) is 0.690. The highest BCUT2D eigenvalue weighted by Crippen LogP contribution is 2.31. The Balaban J connectivity index is 2.31. The Bertz CT molecular complexity index is 461. The third-order valence-electron chi connectivity index (χ3n) is 2.77. The fraction of sp³-hybridized carbons (Fsp3) is 0.364. The molecular weight excluding hydrogens is 224 g/mol. The number of carboxylic acids is 1. The molecule has 1 unspecified atom stereocenters. The maximum atomic E-state index is 11.3. The first kappa shape index (κ1) is 11.4. The van der Waals surface area contributed by atoms with E-state index in [2.05, 4.69) is 10.3 Å². The summed E-state index contributed by atoms with van der Waals surface area (Å²) < 4.78 is 4.97. The molecule has 1 saturated heterocycles. The zero-order valence-electron chi connectivity index (χ0n) is 9.21. The average Bonchev–Trinajstić information content (AvgIpc) is 2.72. The lowest BCUT2D eigenvalue weighted by atomic mass is 9.95. The Kier molecular flexibility index (Phi) is 2.95. The van der Waals surface area contributed by atoms with Crippen LogP contribution in [0.2, 0.25) is 0 Å². The number of amides is 1. The highest BCUT2D eigenvalue weighted by atomic mass is 16.5. The second-order valence-corrected chi connectivity index (χ2v) is 3.83. The third kappa shape index (κ3) is 2.20. The molecule has 0 radical (unpaired) electrons. The van der Waals surface area contributed by atoms with Gasteiger partial charge in [0.15, 0.2) is 0 Å². The van der Waals surface area contributed by atoms with Crippen LogP contribution in [0.3, 0.4) is 0 Å². The van der Waals surface area contributed by atoms with Gasteiger partial charge in [-0.1, -0.05) is 0 Å². The Morgan fingerprint density at radius 1 is 1.65 bits per heavy atom. The molecule has 2 rings (SSSR count). The molecule has 0 saturated carbocycles. The molecule has 2 heterocycles. The maximum Gasteiger partial charge on any atom is 0.309 e. The van der Waals surface area contributed by atoms with E-state index in [1.54, 1.807) is 12.1 Å². The second kappa shape index (κ2) is 4.40. The van der Waals surface area contributed by atoms with Crippen molar-refractivity contribution in [2.75, 3.05) is 7.11 Å². The standard InChI is InChI=1S/C11H12N2O4/c1-17-9-4-6(2-3-12-9)10-7(11(15)16)5-8(14)13-10/h2-4,7,10H,5H2,1H3,(H,13,14)(H,15,16)/t7-,10?/m0/s1. The number of nitrogens with one attached hydrogen (secondary N) is 1. The van der Waals surface area contributed by atoms with Crippen LogP contribution in [0.1, 0.15) is 18.0 Å². The molecule has 1 fully saturated rings. The average molecular weight is 236 g/mol. The number of carbonyl (C=O) groups is 2. The summed E-state index contributed by atoms with van der Waals surface area (Å²) in [5, 5.41) is 11.7. The molecule has 17 heavy (non-hydrogen) atoms. The van der Waals surface area contributed by atoms with Crippen molar-refractivity contribution in [2.45, 2.75) is 12.5 Å². The molecule has 90 valence electrons. The molecular formula is C11H12N2O4. The maximum absolute atomic E-state index is 11.3. The lowest BCUT2D eigenvalue weighted by molar-refractivity contribution is -0.142. The summed E-state index contributed by atoms with van der Waals surface area (Å²) in [4.78, 5) is 26.3. The monoisotopic (exact) mass is 236 g/mol. The van der Waals surface area contributed by atoms with E-state index >= 15 is 0 Å². The van der Waals surface area contributed by atoms with E-state index in [4.69, 9.17) is 9.84 Å². The number of nitrogens with zero attached hydrogens (tertiary/aromatic N) is 1. The van der Waals surface area contributed by atoms with Crippen molar-refractivity contribution in [2.24, 2.45) is 5.92 Å². The SMILES string of the molecule is COc1cc(C2NC(=O)C[C@@H]2C(=O)O)ccn1. The van der Waals surface area contributed by atoms with Crippen molar-refractivity contribution in [1.82, 2.24) is 10.3 Å². The van der Waals surface area contributed by atoms with Gasteiger partial charge in [-0.3, -0.25) is 9.59 Å². The highest BCUT2D eigenvalue weighted by molar-refractivity contribution is 5.87. The first-order chi connectivity index (χ1) is 8.11. The minimum Gasteiger partial charge on any atom is -0.481 e. The number of aliphatic carboxylic acids is 1. The van der Waals surface area contributed by atoms with Crippen molar-refractivity contribution < 1.29 is 19.4 Å². The van der Waals surface area contributed by atoms with Crippen molar-refractivity contribution in [3.8, 4) is 5.88 Å². The Hall–Kier alpha value is -2.11. The molecule has 6 nitrogen and oxygen atoms in total. The van der Waals surface area contributed by atoms with Gasteiger partial charge in [-0.15, -0.1) is 0 Å². The van der Waals surface area contributed by atoms with Crippen LogP contribution in [0.15, 0.2) is 18.3 Å². The number of hydrogen-bond donors (Lipinski definition) is 2. The van der Waals surface area contributed by atoms with Crippen molar-refractivity contribution >= 4 is 11.9 Å². The zero-order chi connectivity index (χ0) is 12.4. The van der Waals surface area contributed by atoms with Gasteiger partial charge in [-0.05, 0) is 11.6 Å². The molecule has 0 spiro atoms. The van der Waals surface area contributed by atoms with Crippen LogP contribution in [0, 0.1) is 5.92 Å². The molecule has 0 aliphatic carbocycles. The smallest absolute Gasteiger partial charge is 0.309 e. The molecule has 2 atom stereocenters. The van der Waals surface area contributed by atoms with Gasteiger partial charge in [-0.2, -0.15) is 0 Å².